The molecule has 28 heavy (non-hydrogen) atoms. The number of hydrogen-bond acceptors (Lipinski definition) is 3. The molecule has 4 rings (SSSR count). The fourth-order valence-corrected chi connectivity index (χ4v) is 3.87. The Bertz CT molecular complexity index is 1110. The van der Waals surface area contributed by atoms with Crippen molar-refractivity contribution >= 4 is 33.9 Å². The Labute approximate surface area is 167 Å². The Kier molecular flexibility index (Phi) is 4.46. The molecule has 0 saturated heterocycles. The van der Waals surface area contributed by atoms with Crippen molar-refractivity contribution in [3.63, 3.8) is 0 Å². The van der Waals surface area contributed by atoms with Crippen molar-refractivity contribution in [1.82, 2.24) is 0 Å². The number of ether oxygens (including phenoxy) is 1. The molecule has 3 heteroatoms. The van der Waals surface area contributed by atoms with Crippen LogP contribution in [0, 0.1) is 0 Å². The van der Waals surface area contributed by atoms with Gasteiger partial charge in [0.25, 0.3) is 0 Å². The lowest BCUT2D eigenvalue weighted by Gasteiger charge is -2.40. The fraction of sp³-hybridized carbons (Fsp3) is 0.240. The Morgan fingerprint density at radius 1 is 1.00 bits per heavy atom. The molecule has 0 bridgehead atoms. The van der Waals surface area contributed by atoms with E-state index in [-0.39, 0.29) is 5.54 Å². The lowest BCUT2D eigenvalue weighted by atomic mass is 9.88. The number of rotatable bonds is 3. The van der Waals surface area contributed by atoms with Crippen molar-refractivity contribution in [2.45, 2.75) is 26.3 Å². The van der Waals surface area contributed by atoms with Gasteiger partial charge in [-0.2, -0.15) is 0 Å². The van der Waals surface area contributed by atoms with Gasteiger partial charge in [0.15, 0.2) is 0 Å². The predicted molar refractivity (Wildman–Crippen MR) is 120 cm³/mol. The second-order valence-corrected chi connectivity index (χ2v) is 7.94. The second-order valence-electron chi connectivity index (χ2n) is 7.94. The summed E-state index contributed by atoms with van der Waals surface area (Å²) in [6.07, 6.45) is 4.21. The number of methoxy groups -OCH3 is 1. The van der Waals surface area contributed by atoms with Gasteiger partial charge < -0.3 is 9.64 Å². The van der Waals surface area contributed by atoms with Gasteiger partial charge in [0.1, 0.15) is 5.75 Å². The van der Waals surface area contributed by atoms with E-state index in [2.05, 4.69) is 87.3 Å². The maximum absolute atomic E-state index is 5.68. The smallest absolute Gasteiger partial charge is 0.129 e. The van der Waals surface area contributed by atoms with Crippen LogP contribution in [0.4, 0.5) is 11.4 Å². The van der Waals surface area contributed by atoms with Crippen LogP contribution in [0.2, 0.25) is 0 Å². The largest absolute Gasteiger partial charge is 0.496 e. The van der Waals surface area contributed by atoms with E-state index in [0.29, 0.717) is 0 Å². The normalized spacial score (nSPS) is 15.6. The molecule has 3 aromatic carbocycles. The summed E-state index contributed by atoms with van der Waals surface area (Å²) >= 11 is 0. The number of hydrogen-bond donors (Lipinski definition) is 0. The van der Waals surface area contributed by atoms with Crippen LogP contribution in [0.25, 0.3) is 16.3 Å². The van der Waals surface area contributed by atoms with Gasteiger partial charge in [0.2, 0.25) is 0 Å². The van der Waals surface area contributed by atoms with Crippen molar-refractivity contribution in [3.8, 4) is 5.75 Å². The minimum atomic E-state index is -0.0250. The van der Waals surface area contributed by atoms with Gasteiger partial charge in [-0.25, -0.2) is 0 Å². The van der Waals surface area contributed by atoms with Crippen LogP contribution in [0.1, 0.15) is 31.9 Å². The summed E-state index contributed by atoms with van der Waals surface area (Å²) in [5.41, 5.74) is 5.58. The van der Waals surface area contributed by atoms with Crippen LogP contribution in [0.15, 0.2) is 65.7 Å². The van der Waals surface area contributed by atoms with Crippen LogP contribution in [-0.2, 0) is 0 Å². The minimum absolute atomic E-state index is 0.0250. The molecule has 0 fully saturated rings. The first-order valence-corrected chi connectivity index (χ1v) is 9.57. The third-order valence-electron chi connectivity index (χ3n) is 5.65. The minimum Gasteiger partial charge on any atom is -0.496 e. The molecule has 0 atom stereocenters. The molecule has 0 spiro atoms. The summed E-state index contributed by atoms with van der Waals surface area (Å²) in [6.45, 7) is 6.62. The summed E-state index contributed by atoms with van der Waals surface area (Å²) in [5.74, 6) is 0.834. The quantitative estimate of drug-likeness (QED) is 0.511. The molecule has 1 aliphatic rings. The highest BCUT2D eigenvalue weighted by Crippen LogP contribution is 2.41. The topological polar surface area (TPSA) is 24.8 Å². The van der Waals surface area contributed by atoms with Crippen molar-refractivity contribution < 1.29 is 4.74 Å². The number of allylic oxidation sites excluding steroid dienone is 1. The lowest BCUT2D eigenvalue weighted by molar-refractivity contribution is 0.414. The molecule has 0 saturated carbocycles. The highest BCUT2D eigenvalue weighted by Gasteiger charge is 2.29. The first-order chi connectivity index (χ1) is 13.4. The maximum atomic E-state index is 5.68. The number of anilines is 1. The Balaban J connectivity index is 1.75. The molecule has 3 aromatic rings. The Hall–Kier alpha value is -3.07. The molecule has 1 heterocycles. The van der Waals surface area contributed by atoms with Crippen molar-refractivity contribution in [2.24, 2.45) is 4.99 Å². The first-order valence-electron chi connectivity index (χ1n) is 9.57. The molecular weight excluding hydrogens is 344 g/mol. The van der Waals surface area contributed by atoms with Crippen LogP contribution < -0.4 is 9.64 Å². The summed E-state index contributed by atoms with van der Waals surface area (Å²) < 4.78 is 5.68. The van der Waals surface area contributed by atoms with Crippen molar-refractivity contribution in [3.05, 3.63) is 71.8 Å². The molecule has 0 aliphatic carbocycles. The van der Waals surface area contributed by atoms with Gasteiger partial charge in [-0.3, -0.25) is 4.99 Å². The molecule has 0 radical (unpaired) electrons. The number of fused-ring (bicyclic) bond motifs is 2. The summed E-state index contributed by atoms with van der Waals surface area (Å²) in [5, 5.41) is 2.41. The van der Waals surface area contributed by atoms with E-state index in [1.807, 2.05) is 12.3 Å². The SMILES string of the molecule is COc1cc2c(cc1C=Nc1ccc3ccccc3c1)C(C)=CC(C)(C)N2C. The predicted octanol–water partition coefficient (Wildman–Crippen LogP) is 6.23. The lowest BCUT2D eigenvalue weighted by Crippen LogP contribution is -2.42. The third kappa shape index (κ3) is 3.18. The second kappa shape index (κ2) is 6.83. The molecule has 3 nitrogen and oxygen atoms in total. The standard InChI is InChI=1S/C25H26N2O/c1-17-15-25(2,3)27(4)23-14-24(28-5)20(13-22(17)23)16-26-21-11-10-18-8-6-7-9-19(18)12-21/h6-16H,1-5H3. The van der Waals surface area contributed by atoms with Gasteiger partial charge in [0, 0.05) is 36.1 Å². The summed E-state index contributed by atoms with van der Waals surface area (Å²) in [6, 6.07) is 18.9. The first kappa shape index (κ1) is 18.3. The van der Waals surface area contributed by atoms with E-state index in [0.717, 1.165) is 17.0 Å². The number of likely N-dealkylation sites (N-methyl/N-ethyl adjacent to an activating group) is 1. The highest BCUT2D eigenvalue weighted by molar-refractivity contribution is 5.93. The molecule has 0 aromatic heterocycles. The van der Waals surface area contributed by atoms with Crippen molar-refractivity contribution in [1.29, 1.82) is 0 Å². The Morgan fingerprint density at radius 2 is 1.75 bits per heavy atom. The molecule has 0 unspecified atom stereocenters. The molecule has 1 aliphatic heterocycles. The number of nitrogens with zero attached hydrogens (tertiary/aromatic N) is 2. The average Bonchev–Trinajstić information content (AvgIpc) is 2.69. The van der Waals surface area contributed by atoms with Crippen LogP contribution in [-0.4, -0.2) is 25.9 Å². The van der Waals surface area contributed by atoms with Gasteiger partial charge in [0.05, 0.1) is 18.3 Å². The summed E-state index contributed by atoms with van der Waals surface area (Å²) in [7, 11) is 3.84. The van der Waals surface area contributed by atoms with Gasteiger partial charge in [-0.05, 0) is 55.3 Å². The van der Waals surface area contributed by atoms with Gasteiger partial charge in [-0.1, -0.05) is 36.4 Å². The van der Waals surface area contributed by atoms with Crippen molar-refractivity contribution in [2.75, 3.05) is 19.1 Å². The Morgan fingerprint density at radius 3 is 2.50 bits per heavy atom. The van der Waals surface area contributed by atoms with E-state index >= 15 is 0 Å². The molecule has 0 N–H and O–H groups in total. The van der Waals surface area contributed by atoms with E-state index in [4.69, 9.17) is 9.73 Å². The maximum Gasteiger partial charge on any atom is 0.129 e. The van der Waals surface area contributed by atoms with Gasteiger partial charge in [-0.15, -0.1) is 0 Å². The molecule has 0 amide bonds. The monoisotopic (exact) mass is 370 g/mol. The zero-order valence-corrected chi connectivity index (χ0v) is 17.2. The van der Waals surface area contributed by atoms with E-state index < -0.39 is 0 Å². The number of aliphatic imine (C=N–C) groups is 1. The number of benzene rings is 3. The zero-order valence-electron chi connectivity index (χ0n) is 17.2. The van der Waals surface area contributed by atoms with E-state index in [9.17, 15) is 0 Å². The molecule has 142 valence electrons. The zero-order chi connectivity index (χ0) is 19.9. The van der Waals surface area contributed by atoms with E-state index in [1.54, 1.807) is 7.11 Å². The van der Waals surface area contributed by atoms with Crippen LogP contribution in [0.5, 0.6) is 5.75 Å². The van der Waals surface area contributed by atoms with Gasteiger partial charge >= 0.3 is 0 Å². The third-order valence-corrected chi connectivity index (χ3v) is 5.65. The van der Waals surface area contributed by atoms with Crippen LogP contribution >= 0.6 is 0 Å². The summed E-state index contributed by atoms with van der Waals surface area (Å²) in [4.78, 5) is 7.01. The average molecular weight is 370 g/mol. The molecular formula is C25H26N2O. The van der Waals surface area contributed by atoms with E-state index in [1.165, 1.54) is 27.6 Å². The fourth-order valence-electron chi connectivity index (χ4n) is 3.87. The highest BCUT2D eigenvalue weighted by atomic mass is 16.5. The van der Waals surface area contributed by atoms with Crippen LogP contribution in [0.3, 0.4) is 0 Å².